The summed E-state index contributed by atoms with van der Waals surface area (Å²) in [6.07, 6.45) is -4.24. The summed E-state index contributed by atoms with van der Waals surface area (Å²) < 4.78 is 64.2. The summed E-state index contributed by atoms with van der Waals surface area (Å²) in [6.45, 7) is 1.88. The Hall–Kier alpha value is -2.07. The Morgan fingerprint density at radius 1 is 1.33 bits per heavy atom. The van der Waals surface area contributed by atoms with Gasteiger partial charge in [0.2, 0.25) is 0 Å². The minimum atomic E-state index is -4.39. The molecule has 0 aliphatic heterocycles. The van der Waals surface area contributed by atoms with Crippen molar-refractivity contribution in [3.63, 3.8) is 0 Å². The smallest absolute Gasteiger partial charge is 0.360 e. The van der Waals surface area contributed by atoms with Gasteiger partial charge in [-0.05, 0) is 18.6 Å². The number of hydrogen-bond donors (Lipinski definition) is 2. The van der Waals surface area contributed by atoms with Gasteiger partial charge >= 0.3 is 6.18 Å². The Labute approximate surface area is 139 Å². The Morgan fingerprint density at radius 3 is 2.79 bits per heavy atom. The first-order valence-electron chi connectivity index (χ1n) is 6.76. The lowest BCUT2D eigenvalue weighted by molar-refractivity contribution is -0.127. The molecule has 0 saturated heterocycles. The van der Waals surface area contributed by atoms with Crippen LogP contribution in [-0.4, -0.2) is 24.6 Å². The number of thiazole rings is 1. The minimum Gasteiger partial charge on any atom is -0.360 e. The van der Waals surface area contributed by atoms with Gasteiger partial charge in [-0.3, -0.25) is 4.72 Å². The van der Waals surface area contributed by atoms with E-state index in [9.17, 15) is 21.6 Å². The molecule has 5 nitrogen and oxygen atoms in total. The number of nitrogens with zero attached hydrogens (tertiary/aromatic N) is 1. The number of H-pyrrole nitrogens is 1. The second-order valence-corrected chi connectivity index (χ2v) is 7.75. The minimum absolute atomic E-state index is 0.0186. The first-order chi connectivity index (χ1) is 11.1. The third-order valence-electron chi connectivity index (χ3n) is 3.24. The van der Waals surface area contributed by atoms with Gasteiger partial charge in [0.25, 0.3) is 10.0 Å². The number of aromatic nitrogens is 2. The van der Waals surface area contributed by atoms with Gasteiger partial charge in [-0.25, -0.2) is 13.4 Å². The lowest BCUT2D eigenvalue weighted by atomic mass is 10.2. The van der Waals surface area contributed by atoms with Crippen molar-refractivity contribution in [3.05, 3.63) is 41.0 Å². The molecule has 0 aliphatic carbocycles. The van der Waals surface area contributed by atoms with Crippen LogP contribution in [0.5, 0.6) is 0 Å². The largest absolute Gasteiger partial charge is 0.394 e. The average Bonchev–Trinajstić information content (AvgIpc) is 3.03. The van der Waals surface area contributed by atoms with E-state index in [2.05, 4.69) is 14.7 Å². The highest BCUT2D eigenvalue weighted by Crippen LogP contribution is 2.28. The van der Waals surface area contributed by atoms with Crippen LogP contribution in [-0.2, 0) is 16.4 Å². The van der Waals surface area contributed by atoms with E-state index in [4.69, 9.17) is 0 Å². The van der Waals surface area contributed by atoms with Crippen molar-refractivity contribution >= 4 is 37.4 Å². The number of benzene rings is 1. The predicted molar refractivity (Wildman–Crippen MR) is 85.7 cm³/mol. The Kier molecular flexibility index (Phi) is 4.04. The van der Waals surface area contributed by atoms with Crippen molar-refractivity contribution in [3.8, 4) is 0 Å². The van der Waals surface area contributed by atoms with Crippen molar-refractivity contribution in [1.82, 2.24) is 9.97 Å². The molecule has 24 heavy (non-hydrogen) atoms. The highest BCUT2D eigenvalue weighted by Gasteiger charge is 2.29. The molecule has 0 fully saturated rings. The van der Waals surface area contributed by atoms with Gasteiger partial charge in [-0.2, -0.15) is 13.2 Å². The SMILES string of the molecule is Cc1ccc2c(S(=O)(=O)Nc3nc(CC(F)(F)F)cs3)c[nH]c2c1. The van der Waals surface area contributed by atoms with Crippen LogP contribution in [0.25, 0.3) is 10.9 Å². The summed E-state index contributed by atoms with van der Waals surface area (Å²) >= 11 is 0.811. The lowest BCUT2D eigenvalue weighted by Gasteiger charge is -2.04. The van der Waals surface area contributed by atoms with Crippen molar-refractivity contribution < 1.29 is 21.6 Å². The number of nitrogens with one attached hydrogen (secondary N) is 2. The number of aromatic amines is 1. The molecular weight excluding hydrogens is 363 g/mol. The zero-order chi connectivity index (χ0) is 17.5. The lowest BCUT2D eigenvalue weighted by Crippen LogP contribution is -2.14. The summed E-state index contributed by atoms with van der Waals surface area (Å²) in [7, 11) is -3.95. The van der Waals surface area contributed by atoms with Crippen LogP contribution >= 0.6 is 11.3 Å². The van der Waals surface area contributed by atoms with E-state index in [0.717, 1.165) is 16.9 Å². The van der Waals surface area contributed by atoms with E-state index in [1.54, 1.807) is 18.2 Å². The van der Waals surface area contributed by atoms with Gasteiger partial charge in [-0.1, -0.05) is 12.1 Å². The van der Waals surface area contributed by atoms with Crippen molar-refractivity contribution in [2.45, 2.75) is 24.4 Å². The molecule has 2 aromatic heterocycles. The van der Waals surface area contributed by atoms with Gasteiger partial charge in [0, 0.05) is 22.5 Å². The van der Waals surface area contributed by atoms with E-state index in [0.29, 0.717) is 10.9 Å². The predicted octanol–water partition coefficient (Wildman–Crippen LogP) is 3.84. The van der Waals surface area contributed by atoms with Crippen molar-refractivity contribution in [1.29, 1.82) is 0 Å². The molecule has 2 N–H and O–H groups in total. The summed E-state index contributed by atoms with van der Waals surface area (Å²) in [5.74, 6) is 0. The normalized spacial score (nSPS) is 12.7. The monoisotopic (exact) mass is 375 g/mol. The van der Waals surface area contributed by atoms with Gasteiger partial charge < -0.3 is 4.98 Å². The van der Waals surface area contributed by atoms with Crippen LogP contribution in [0, 0.1) is 6.92 Å². The fourth-order valence-electron chi connectivity index (χ4n) is 2.25. The maximum atomic E-state index is 12.5. The van der Waals surface area contributed by atoms with E-state index in [1.807, 2.05) is 6.92 Å². The van der Waals surface area contributed by atoms with Crippen LogP contribution < -0.4 is 4.72 Å². The zero-order valence-electron chi connectivity index (χ0n) is 12.3. The highest BCUT2D eigenvalue weighted by atomic mass is 32.2. The van der Waals surface area contributed by atoms with E-state index in [1.165, 1.54) is 11.6 Å². The Balaban J connectivity index is 1.88. The third-order valence-corrected chi connectivity index (χ3v) is 5.56. The Morgan fingerprint density at radius 2 is 2.08 bits per heavy atom. The molecule has 1 aromatic carbocycles. The molecule has 0 saturated carbocycles. The first-order valence-corrected chi connectivity index (χ1v) is 9.12. The van der Waals surface area contributed by atoms with Crippen LogP contribution in [0.3, 0.4) is 0 Å². The molecule has 0 radical (unpaired) electrons. The number of aryl methyl sites for hydroxylation is 1. The summed E-state index contributed by atoms with van der Waals surface area (Å²) in [5, 5.41) is 1.58. The quantitative estimate of drug-likeness (QED) is 0.728. The van der Waals surface area contributed by atoms with E-state index >= 15 is 0 Å². The molecule has 0 bridgehead atoms. The molecule has 2 heterocycles. The number of sulfonamides is 1. The second-order valence-electron chi connectivity index (χ2n) is 5.24. The van der Waals surface area contributed by atoms with E-state index in [-0.39, 0.29) is 15.7 Å². The van der Waals surface area contributed by atoms with Gasteiger partial charge in [-0.15, -0.1) is 11.3 Å². The Bertz CT molecular complexity index is 990. The molecule has 0 atom stereocenters. The fourth-order valence-corrected chi connectivity index (χ4v) is 4.39. The maximum absolute atomic E-state index is 12.5. The van der Waals surface area contributed by atoms with Crippen molar-refractivity contribution in [2.75, 3.05) is 4.72 Å². The molecule has 0 spiro atoms. The molecule has 128 valence electrons. The number of hydrogen-bond acceptors (Lipinski definition) is 4. The molecule has 3 rings (SSSR count). The number of alkyl halides is 3. The molecular formula is C14H12F3N3O2S2. The van der Waals surface area contributed by atoms with Crippen LogP contribution in [0.2, 0.25) is 0 Å². The van der Waals surface area contributed by atoms with Gasteiger partial charge in [0.15, 0.2) is 5.13 Å². The number of rotatable bonds is 4. The summed E-state index contributed by atoms with van der Waals surface area (Å²) in [5.41, 5.74) is 1.41. The highest BCUT2D eigenvalue weighted by molar-refractivity contribution is 7.93. The average molecular weight is 375 g/mol. The maximum Gasteiger partial charge on any atom is 0.394 e. The standard InChI is InChI=1S/C14H12F3N3O2S2/c1-8-2-3-10-11(4-8)18-6-12(10)24(21,22)20-13-19-9(7-23-13)5-14(15,16)17/h2-4,6-7,18H,5H2,1H3,(H,19,20). The van der Waals surface area contributed by atoms with E-state index < -0.39 is 22.6 Å². The van der Waals surface area contributed by atoms with Crippen molar-refractivity contribution in [2.24, 2.45) is 0 Å². The topological polar surface area (TPSA) is 74.8 Å². The summed E-state index contributed by atoms with van der Waals surface area (Å²) in [4.78, 5) is 6.57. The van der Waals surface area contributed by atoms with Gasteiger partial charge in [0.1, 0.15) is 4.90 Å². The van der Waals surface area contributed by atoms with Crippen LogP contribution in [0.15, 0.2) is 34.7 Å². The molecule has 0 amide bonds. The molecule has 0 aliphatic rings. The fraction of sp³-hybridized carbons (Fsp3) is 0.214. The summed E-state index contributed by atoms with van der Waals surface area (Å²) in [6, 6.07) is 5.26. The van der Waals surface area contributed by atoms with Crippen LogP contribution in [0.4, 0.5) is 18.3 Å². The number of halogens is 3. The second kappa shape index (κ2) is 5.78. The zero-order valence-corrected chi connectivity index (χ0v) is 13.9. The molecule has 0 unspecified atom stereocenters. The first kappa shape index (κ1) is 16.8. The molecule has 10 heteroatoms. The number of anilines is 1. The number of fused-ring (bicyclic) bond motifs is 1. The van der Waals surface area contributed by atoms with Crippen LogP contribution in [0.1, 0.15) is 11.3 Å². The van der Waals surface area contributed by atoms with Gasteiger partial charge in [0.05, 0.1) is 12.1 Å². The third kappa shape index (κ3) is 3.54. The molecule has 3 aromatic rings.